The number of esters is 1. The Morgan fingerprint density at radius 3 is 1.48 bits per heavy atom. The van der Waals surface area contributed by atoms with Crippen molar-refractivity contribution in [2.45, 2.75) is 78.8 Å². The zero-order chi connectivity index (χ0) is 17.2. The summed E-state index contributed by atoms with van der Waals surface area (Å²) in [6.45, 7) is 24.8. The molecule has 0 bridgehead atoms. The molecule has 0 radical (unpaired) electrons. The molecule has 0 amide bonds. The average molecular weight is 346 g/mol. The van der Waals surface area contributed by atoms with Crippen LogP contribution in [-0.2, 0) is 9.53 Å². The lowest BCUT2D eigenvalue weighted by Gasteiger charge is -2.47. The van der Waals surface area contributed by atoms with E-state index in [1.54, 1.807) is 0 Å². The number of carbonyl (C=O) groups is 1. The molecular formula is C15H35NO2Si3. The van der Waals surface area contributed by atoms with Gasteiger partial charge in [0.25, 0.3) is 0 Å². The van der Waals surface area contributed by atoms with Crippen LogP contribution in [0.5, 0.6) is 0 Å². The zero-order valence-corrected chi connectivity index (χ0v) is 19.0. The normalized spacial score (nSPS) is 14.6. The third-order valence-corrected chi connectivity index (χ3v) is 11.8. The van der Waals surface area contributed by atoms with Crippen molar-refractivity contribution in [2.24, 2.45) is 0 Å². The number of hydrogen-bond acceptors (Lipinski definition) is 3. The van der Waals surface area contributed by atoms with E-state index in [-0.39, 0.29) is 5.97 Å². The summed E-state index contributed by atoms with van der Waals surface area (Å²) in [7, 11) is -4.37. The molecule has 0 saturated carbocycles. The Morgan fingerprint density at radius 1 is 0.857 bits per heavy atom. The molecule has 0 aromatic heterocycles. The fourth-order valence-corrected chi connectivity index (χ4v) is 14.6. The van der Waals surface area contributed by atoms with E-state index in [0.717, 1.165) is 11.8 Å². The first-order valence-corrected chi connectivity index (χ1v) is 18.3. The van der Waals surface area contributed by atoms with E-state index in [0.29, 0.717) is 0 Å². The van der Waals surface area contributed by atoms with Gasteiger partial charge in [0.1, 0.15) is 22.2 Å². The molecule has 0 fully saturated rings. The van der Waals surface area contributed by atoms with Crippen LogP contribution in [-0.4, -0.2) is 34.7 Å². The Balaban J connectivity index is 5.93. The first-order valence-electron chi connectivity index (χ1n) is 7.74. The van der Waals surface area contributed by atoms with Crippen LogP contribution in [0.25, 0.3) is 0 Å². The minimum Gasteiger partial charge on any atom is -0.430 e. The molecule has 0 spiro atoms. The monoisotopic (exact) mass is 345 g/mol. The molecule has 21 heavy (non-hydrogen) atoms. The van der Waals surface area contributed by atoms with Crippen molar-refractivity contribution in [3.63, 3.8) is 0 Å². The number of hydrogen-bond donors (Lipinski definition) is 0. The van der Waals surface area contributed by atoms with E-state index in [2.05, 4.69) is 70.1 Å². The van der Waals surface area contributed by atoms with Crippen LogP contribution < -0.4 is 0 Å². The molecule has 0 aliphatic heterocycles. The number of rotatable bonds is 6. The molecule has 6 heteroatoms. The highest BCUT2D eigenvalue weighted by molar-refractivity contribution is 6.90. The molecule has 124 valence electrons. The third-order valence-electron chi connectivity index (χ3n) is 3.04. The zero-order valence-electron chi connectivity index (χ0n) is 16.0. The minimum atomic E-state index is -1.51. The number of carbonyl (C=O) groups excluding carboxylic acids is 1. The molecule has 0 unspecified atom stereocenters. The average Bonchev–Trinajstić information content (AvgIpc) is 2.07. The van der Waals surface area contributed by atoms with Crippen molar-refractivity contribution in [3.05, 3.63) is 11.5 Å². The van der Waals surface area contributed by atoms with E-state index in [4.69, 9.17) is 4.74 Å². The quantitative estimate of drug-likeness (QED) is 0.381. The van der Waals surface area contributed by atoms with Gasteiger partial charge in [0.2, 0.25) is 0 Å². The maximum Gasteiger partial charge on any atom is 0.307 e. The van der Waals surface area contributed by atoms with E-state index < -0.39 is 24.5 Å². The molecule has 0 aromatic carbocycles. The summed E-state index contributed by atoms with van der Waals surface area (Å²) in [5.41, 5.74) is 1.20. The van der Waals surface area contributed by atoms with E-state index in [1.807, 2.05) is 0 Å². The van der Waals surface area contributed by atoms with Crippen molar-refractivity contribution in [1.82, 2.24) is 4.23 Å². The maximum absolute atomic E-state index is 11.5. The number of nitrogens with zero attached hydrogens (tertiary/aromatic N) is 1. The predicted molar refractivity (Wildman–Crippen MR) is 101 cm³/mol. The SMILES string of the molecule is CC(=O)O/C(C[Si](C)(C)C)=C(/C)N([Si](C)(C)C)[Si](C)(C)C. The van der Waals surface area contributed by atoms with Gasteiger partial charge in [-0.2, -0.15) is 0 Å². The standard InChI is InChI=1S/C15H35NO2Si3/c1-13(16(20(6,7)8)21(9,10)11)15(18-14(2)17)12-19(3,4)5/h12H2,1-11H3/b15-13-. The first-order chi connectivity index (χ1) is 9.05. The Morgan fingerprint density at radius 2 is 1.24 bits per heavy atom. The van der Waals surface area contributed by atoms with Crippen LogP contribution in [0.3, 0.4) is 0 Å². The highest BCUT2D eigenvalue weighted by Gasteiger charge is 2.36. The number of allylic oxidation sites excluding steroid dienone is 2. The lowest BCUT2D eigenvalue weighted by Crippen LogP contribution is -2.58. The highest BCUT2D eigenvalue weighted by Crippen LogP contribution is 2.30. The molecule has 0 rings (SSSR count). The van der Waals surface area contributed by atoms with Gasteiger partial charge in [0, 0.05) is 18.7 Å². The summed E-state index contributed by atoms with van der Waals surface area (Å²) in [6.07, 6.45) is 0. The van der Waals surface area contributed by atoms with Crippen molar-refractivity contribution < 1.29 is 9.53 Å². The second kappa shape index (κ2) is 6.83. The second-order valence-electron chi connectivity index (χ2n) is 9.02. The van der Waals surface area contributed by atoms with Crippen molar-refractivity contribution in [3.8, 4) is 0 Å². The molecule has 0 heterocycles. The molecule has 0 N–H and O–H groups in total. The van der Waals surface area contributed by atoms with Gasteiger partial charge in [-0.15, -0.1) is 0 Å². The molecule has 0 saturated heterocycles. The predicted octanol–water partition coefficient (Wildman–Crippen LogP) is 5.09. The first kappa shape index (κ1) is 20.7. The van der Waals surface area contributed by atoms with E-state index in [9.17, 15) is 4.79 Å². The lowest BCUT2D eigenvalue weighted by atomic mass is 10.4. The topological polar surface area (TPSA) is 29.5 Å². The van der Waals surface area contributed by atoms with Crippen molar-refractivity contribution >= 4 is 30.5 Å². The van der Waals surface area contributed by atoms with Crippen molar-refractivity contribution in [1.29, 1.82) is 0 Å². The van der Waals surface area contributed by atoms with Gasteiger partial charge in [0.05, 0.1) is 8.07 Å². The summed E-state index contributed by atoms with van der Waals surface area (Å²) in [6, 6.07) is 0.921. The van der Waals surface area contributed by atoms with E-state index in [1.165, 1.54) is 12.6 Å². The fourth-order valence-electron chi connectivity index (χ4n) is 3.03. The van der Waals surface area contributed by atoms with Crippen LogP contribution in [0.1, 0.15) is 13.8 Å². The Labute approximate surface area is 134 Å². The van der Waals surface area contributed by atoms with Crippen molar-refractivity contribution in [2.75, 3.05) is 0 Å². The number of ether oxygens (including phenoxy) is 1. The molecule has 0 aliphatic rings. The Bertz CT molecular complexity index is 398. The van der Waals surface area contributed by atoms with Gasteiger partial charge in [-0.05, 0) is 6.92 Å². The van der Waals surface area contributed by atoms with Gasteiger partial charge in [0.15, 0.2) is 0 Å². The largest absolute Gasteiger partial charge is 0.430 e. The van der Waals surface area contributed by atoms with Gasteiger partial charge in [-0.3, -0.25) is 4.79 Å². The van der Waals surface area contributed by atoms with Crippen LogP contribution in [0.15, 0.2) is 11.5 Å². The molecular weight excluding hydrogens is 310 g/mol. The van der Waals surface area contributed by atoms with Crippen LogP contribution in [0.2, 0.25) is 65.0 Å². The minimum absolute atomic E-state index is 0.200. The highest BCUT2D eigenvalue weighted by atomic mass is 28.4. The summed E-state index contributed by atoms with van der Waals surface area (Å²) in [4.78, 5) is 11.5. The summed E-state index contributed by atoms with van der Waals surface area (Å²) < 4.78 is 8.27. The van der Waals surface area contributed by atoms with E-state index >= 15 is 0 Å². The Kier molecular flexibility index (Phi) is 6.72. The summed E-state index contributed by atoms with van der Waals surface area (Å²) in [5.74, 6) is 0.709. The van der Waals surface area contributed by atoms with Gasteiger partial charge >= 0.3 is 5.97 Å². The van der Waals surface area contributed by atoms with Crippen LogP contribution in [0.4, 0.5) is 0 Å². The second-order valence-corrected chi connectivity index (χ2v) is 24.5. The molecule has 0 atom stereocenters. The summed E-state index contributed by atoms with van der Waals surface area (Å²) in [5, 5.41) is 0. The Hall–Kier alpha value is -0.339. The maximum atomic E-state index is 11.5. The lowest BCUT2D eigenvalue weighted by molar-refractivity contribution is -0.136. The molecule has 0 aliphatic carbocycles. The van der Waals surface area contributed by atoms with Gasteiger partial charge in [-0.25, -0.2) is 0 Å². The molecule has 3 nitrogen and oxygen atoms in total. The molecule has 0 aromatic rings. The van der Waals surface area contributed by atoms with Crippen LogP contribution in [0, 0.1) is 0 Å². The smallest absolute Gasteiger partial charge is 0.307 e. The third kappa shape index (κ3) is 7.47. The summed E-state index contributed by atoms with van der Waals surface area (Å²) >= 11 is 0. The van der Waals surface area contributed by atoms with Gasteiger partial charge < -0.3 is 8.97 Å². The van der Waals surface area contributed by atoms with Gasteiger partial charge in [-0.1, -0.05) is 58.9 Å². The van der Waals surface area contributed by atoms with Crippen LogP contribution >= 0.6 is 0 Å². The fraction of sp³-hybridized carbons (Fsp3) is 0.800.